The lowest BCUT2D eigenvalue weighted by Gasteiger charge is -2.25. The van der Waals surface area contributed by atoms with Crippen LogP contribution in [-0.4, -0.2) is 29.8 Å². The second-order valence-corrected chi connectivity index (χ2v) is 5.56. The monoisotopic (exact) mass is 315 g/mol. The van der Waals surface area contributed by atoms with Crippen molar-refractivity contribution in [3.8, 4) is 5.75 Å². The van der Waals surface area contributed by atoms with Gasteiger partial charge in [-0.25, -0.2) is 0 Å². The normalized spacial score (nSPS) is 11.1. The van der Waals surface area contributed by atoms with Gasteiger partial charge >= 0.3 is 0 Å². The Balaban J connectivity index is 2.39. The molecule has 1 aromatic rings. The summed E-state index contributed by atoms with van der Waals surface area (Å²) in [6.07, 6.45) is 0.511. The van der Waals surface area contributed by atoms with E-state index >= 15 is 0 Å². The lowest BCUT2D eigenvalue weighted by molar-refractivity contribution is -0.124. The van der Waals surface area contributed by atoms with Gasteiger partial charge < -0.3 is 15.2 Å². The Hall–Kier alpha value is -1.07. The first-order valence-electron chi connectivity index (χ1n) is 5.73. The Kier molecular flexibility index (Phi) is 5.62. The van der Waals surface area contributed by atoms with E-state index in [1.54, 1.807) is 12.1 Å². The number of benzene rings is 1. The molecule has 1 rings (SSSR count). The van der Waals surface area contributed by atoms with Crippen LogP contribution in [-0.2, 0) is 4.79 Å². The standard InChI is InChI=1S/C13H18BrNO3/c1-13(2,7-8-16)15-12(17)9-18-11-5-3-10(14)4-6-11/h3-6,16H,7-9H2,1-2H3,(H,15,17). The minimum absolute atomic E-state index is 0.0313. The number of halogens is 1. The van der Waals surface area contributed by atoms with Crippen LogP contribution in [0.4, 0.5) is 0 Å². The Morgan fingerprint density at radius 3 is 2.56 bits per heavy atom. The minimum Gasteiger partial charge on any atom is -0.484 e. The largest absolute Gasteiger partial charge is 0.484 e. The van der Waals surface area contributed by atoms with E-state index in [2.05, 4.69) is 21.2 Å². The molecule has 4 nitrogen and oxygen atoms in total. The summed E-state index contributed by atoms with van der Waals surface area (Å²) in [7, 11) is 0. The van der Waals surface area contributed by atoms with Crippen LogP contribution in [0.1, 0.15) is 20.3 Å². The molecule has 2 N–H and O–H groups in total. The number of ether oxygens (including phenoxy) is 1. The second kappa shape index (κ2) is 6.75. The van der Waals surface area contributed by atoms with E-state index in [4.69, 9.17) is 9.84 Å². The van der Waals surface area contributed by atoms with Crippen LogP contribution in [0, 0.1) is 0 Å². The number of aliphatic hydroxyl groups excluding tert-OH is 1. The van der Waals surface area contributed by atoms with E-state index in [1.165, 1.54) is 0 Å². The molecule has 0 saturated carbocycles. The third kappa shape index (κ3) is 5.51. The molecule has 0 saturated heterocycles. The summed E-state index contributed by atoms with van der Waals surface area (Å²) in [6, 6.07) is 7.28. The van der Waals surface area contributed by atoms with Crippen LogP contribution in [0.3, 0.4) is 0 Å². The van der Waals surface area contributed by atoms with Crippen LogP contribution in [0.2, 0.25) is 0 Å². The third-order valence-corrected chi connectivity index (χ3v) is 2.93. The minimum atomic E-state index is -0.422. The molecule has 0 aliphatic heterocycles. The fraction of sp³-hybridized carbons (Fsp3) is 0.462. The maximum absolute atomic E-state index is 11.6. The first-order valence-corrected chi connectivity index (χ1v) is 6.52. The van der Waals surface area contributed by atoms with Crippen LogP contribution < -0.4 is 10.1 Å². The number of hydrogen-bond acceptors (Lipinski definition) is 3. The predicted molar refractivity (Wildman–Crippen MR) is 73.6 cm³/mol. The molecule has 18 heavy (non-hydrogen) atoms. The molecule has 100 valence electrons. The summed E-state index contributed by atoms with van der Waals surface area (Å²) >= 11 is 3.32. The number of carbonyl (C=O) groups excluding carboxylic acids is 1. The Labute approximate surface area is 115 Å². The number of carbonyl (C=O) groups is 1. The molecule has 0 radical (unpaired) electrons. The molecule has 0 heterocycles. The number of aliphatic hydroxyl groups is 1. The van der Waals surface area contributed by atoms with Crippen molar-refractivity contribution < 1.29 is 14.6 Å². The van der Waals surface area contributed by atoms with E-state index in [0.717, 1.165) is 4.47 Å². The van der Waals surface area contributed by atoms with Gasteiger partial charge in [0.2, 0.25) is 0 Å². The summed E-state index contributed by atoms with van der Waals surface area (Å²) in [4.78, 5) is 11.6. The van der Waals surface area contributed by atoms with Gasteiger partial charge in [0, 0.05) is 16.6 Å². The van der Waals surface area contributed by atoms with Gasteiger partial charge in [-0.05, 0) is 44.5 Å². The Morgan fingerprint density at radius 1 is 1.39 bits per heavy atom. The zero-order valence-electron chi connectivity index (χ0n) is 10.6. The molecule has 0 spiro atoms. The second-order valence-electron chi connectivity index (χ2n) is 4.65. The topological polar surface area (TPSA) is 58.6 Å². The van der Waals surface area contributed by atoms with Gasteiger partial charge in [-0.15, -0.1) is 0 Å². The molecule has 0 bridgehead atoms. The molecular formula is C13H18BrNO3. The van der Waals surface area contributed by atoms with Crippen LogP contribution in [0.5, 0.6) is 5.75 Å². The molecule has 5 heteroatoms. The molecule has 0 aliphatic carbocycles. The van der Waals surface area contributed by atoms with Crippen molar-refractivity contribution in [2.24, 2.45) is 0 Å². The molecule has 0 aromatic heterocycles. The fourth-order valence-corrected chi connectivity index (χ4v) is 1.70. The molecular weight excluding hydrogens is 298 g/mol. The van der Waals surface area contributed by atoms with Crippen molar-refractivity contribution in [2.75, 3.05) is 13.2 Å². The van der Waals surface area contributed by atoms with Gasteiger partial charge in [-0.2, -0.15) is 0 Å². The average molecular weight is 316 g/mol. The van der Waals surface area contributed by atoms with Gasteiger partial charge in [0.25, 0.3) is 5.91 Å². The smallest absolute Gasteiger partial charge is 0.258 e. The van der Waals surface area contributed by atoms with Gasteiger partial charge in [-0.3, -0.25) is 4.79 Å². The van der Waals surface area contributed by atoms with E-state index in [0.29, 0.717) is 12.2 Å². The molecule has 0 fully saturated rings. The first-order chi connectivity index (χ1) is 8.43. The van der Waals surface area contributed by atoms with Gasteiger partial charge in [0.05, 0.1) is 0 Å². The zero-order valence-corrected chi connectivity index (χ0v) is 12.2. The highest BCUT2D eigenvalue weighted by Crippen LogP contribution is 2.16. The average Bonchev–Trinajstić information content (AvgIpc) is 2.27. The summed E-state index contributed by atoms with van der Waals surface area (Å²) < 4.78 is 6.31. The first kappa shape index (κ1) is 15.0. The zero-order chi connectivity index (χ0) is 13.6. The van der Waals surface area contributed by atoms with Gasteiger partial charge in [0.15, 0.2) is 6.61 Å². The van der Waals surface area contributed by atoms with Crippen molar-refractivity contribution in [3.63, 3.8) is 0 Å². The highest BCUT2D eigenvalue weighted by atomic mass is 79.9. The molecule has 0 unspecified atom stereocenters. The predicted octanol–water partition coefficient (Wildman–Crippen LogP) is 2.11. The van der Waals surface area contributed by atoms with Crippen molar-refractivity contribution >= 4 is 21.8 Å². The van der Waals surface area contributed by atoms with Crippen molar-refractivity contribution in [1.29, 1.82) is 0 Å². The van der Waals surface area contributed by atoms with Crippen molar-refractivity contribution in [1.82, 2.24) is 5.32 Å². The highest BCUT2D eigenvalue weighted by Gasteiger charge is 2.19. The molecule has 1 aromatic carbocycles. The molecule has 1 amide bonds. The number of rotatable bonds is 6. The molecule has 0 aliphatic rings. The van der Waals surface area contributed by atoms with Gasteiger partial charge in [0.1, 0.15) is 5.75 Å². The highest BCUT2D eigenvalue weighted by molar-refractivity contribution is 9.10. The quantitative estimate of drug-likeness (QED) is 0.845. The van der Waals surface area contributed by atoms with Crippen LogP contribution in [0.25, 0.3) is 0 Å². The van der Waals surface area contributed by atoms with E-state index < -0.39 is 5.54 Å². The maximum atomic E-state index is 11.6. The van der Waals surface area contributed by atoms with Crippen LogP contribution >= 0.6 is 15.9 Å². The van der Waals surface area contributed by atoms with Crippen LogP contribution in [0.15, 0.2) is 28.7 Å². The summed E-state index contributed by atoms with van der Waals surface area (Å²) in [5.74, 6) is 0.449. The Morgan fingerprint density at radius 2 is 2.00 bits per heavy atom. The lowest BCUT2D eigenvalue weighted by Crippen LogP contribution is -2.46. The van der Waals surface area contributed by atoms with E-state index in [-0.39, 0.29) is 19.1 Å². The van der Waals surface area contributed by atoms with E-state index in [9.17, 15) is 4.79 Å². The summed E-state index contributed by atoms with van der Waals surface area (Å²) in [6.45, 7) is 3.73. The van der Waals surface area contributed by atoms with E-state index in [1.807, 2.05) is 26.0 Å². The van der Waals surface area contributed by atoms with Crippen molar-refractivity contribution in [3.05, 3.63) is 28.7 Å². The number of hydrogen-bond donors (Lipinski definition) is 2. The fourth-order valence-electron chi connectivity index (χ4n) is 1.44. The number of amides is 1. The summed E-state index contributed by atoms with van der Waals surface area (Å²) in [5.41, 5.74) is -0.422. The summed E-state index contributed by atoms with van der Waals surface area (Å²) in [5, 5.41) is 11.7. The maximum Gasteiger partial charge on any atom is 0.258 e. The number of nitrogens with one attached hydrogen (secondary N) is 1. The third-order valence-electron chi connectivity index (χ3n) is 2.40. The molecule has 0 atom stereocenters. The van der Waals surface area contributed by atoms with Gasteiger partial charge in [-0.1, -0.05) is 15.9 Å². The van der Waals surface area contributed by atoms with Crippen molar-refractivity contribution in [2.45, 2.75) is 25.8 Å². The Bertz CT molecular complexity index is 390. The SMILES string of the molecule is CC(C)(CCO)NC(=O)COc1ccc(Br)cc1. The lowest BCUT2D eigenvalue weighted by atomic mass is 10.0.